The molecule has 0 unspecified atom stereocenters. The molecular weight excluding hydrogens is 346 g/mol. The zero-order chi connectivity index (χ0) is 19.0. The van der Waals surface area contributed by atoms with Crippen molar-refractivity contribution in [2.45, 2.75) is 32.7 Å². The molecule has 0 aliphatic carbocycles. The number of piperidine rings is 1. The Kier molecular flexibility index (Phi) is 4.39. The molecule has 3 aromatic rings. The first-order valence-corrected chi connectivity index (χ1v) is 8.97. The molecule has 0 atom stereocenters. The molecule has 8 heteroatoms. The van der Waals surface area contributed by atoms with E-state index in [0.717, 1.165) is 11.4 Å². The standard InChI is InChI=1S/C19H21N5O3/c1-12-9-13(2)24-17(21-12)16(10-20-24)18(25)22-15-3-6-23(7-4-15)19(26)14-5-8-27-11-14/h5,8-11,15H,3-4,6-7H2,1-2H3,(H,22,25). The molecule has 4 heterocycles. The van der Waals surface area contributed by atoms with Gasteiger partial charge in [-0.2, -0.15) is 5.10 Å². The van der Waals surface area contributed by atoms with E-state index in [9.17, 15) is 9.59 Å². The van der Waals surface area contributed by atoms with Gasteiger partial charge in [0, 0.05) is 30.5 Å². The van der Waals surface area contributed by atoms with Crippen LogP contribution in [0.3, 0.4) is 0 Å². The maximum absolute atomic E-state index is 12.7. The van der Waals surface area contributed by atoms with Gasteiger partial charge in [0.1, 0.15) is 11.8 Å². The average molecular weight is 367 g/mol. The quantitative estimate of drug-likeness (QED) is 0.764. The van der Waals surface area contributed by atoms with Gasteiger partial charge in [0.15, 0.2) is 5.65 Å². The van der Waals surface area contributed by atoms with Crippen LogP contribution in [0.15, 0.2) is 35.3 Å². The second-order valence-corrected chi connectivity index (χ2v) is 6.88. The van der Waals surface area contributed by atoms with Crippen molar-refractivity contribution in [3.8, 4) is 0 Å². The Balaban J connectivity index is 1.41. The Morgan fingerprint density at radius 3 is 2.74 bits per heavy atom. The molecule has 1 aliphatic heterocycles. The summed E-state index contributed by atoms with van der Waals surface area (Å²) >= 11 is 0. The van der Waals surface area contributed by atoms with Gasteiger partial charge in [0.2, 0.25) is 0 Å². The Hall–Kier alpha value is -3.16. The molecular formula is C19H21N5O3. The number of furan rings is 1. The van der Waals surface area contributed by atoms with Crippen molar-refractivity contribution in [1.29, 1.82) is 0 Å². The van der Waals surface area contributed by atoms with Gasteiger partial charge >= 0.3 is 0 Å². The highest BCUT2D eigenvalue weighted by molar-refractivity contribution is 6.00. The number of aryl methyl sites for hydroxylation is 2. The van der Waals surface area contributed by atoms with Crippen LogP contribution in [-0.2, 0) is 0 Å². The van der Waals surface area contributed by atoms with E-state index in [-0.39, 0.29) is 17.9 Å². The highest BCUT2D eigenvalue weighted by atomic mass is 16.3. The highest BCUT2D eigenvalue weighted by Gasteiger charge is 2.26. The predicted octanol–water partition coefficient (Wildman–Crippen LogP) is 1.97. The normalized spacial score (nSPS) is 15.3. The van der Waals surface area contributed by atoms with E-state index in [1.165, 1.54) is 12.5 Å². The van der Waals surface area contributed by atoms with E-state index in [1.54, 1.807) is 21.7 Å². The van der Waals surface area contributed by atoms with Gasteiger partial charge in [-0.05, 0) is 38.8 Å². The summed E-state index contributed by atoms with van der Waals surface area (Å²) in [5.74, 6) is -0.214. The summed E-state index contributed by atoms with van der Waals surface area (Å²) < 4.78 is 6.65. The van der Waals surface area contributed by atoms with Crippen LogP contribution in [0.2, 0.25) is 0 Å². The van der Waals surface area contributed by atoms with Crippen LogP contribution in [0.1, 0.15) is 44.9 Å². The lowest BCUT2D eigenvalue weighted by Crippen LogP contribution is -2.46. The molecule has 27 heavy (non-hydrogen) atoms. The van der Waals surface area contributed by atoms with E-state index in [4.69, 9.17) is 4.42 Å². The van der Waals surface area contributed by atoms with E-state index in [0.29, 0.717) is 42.7 Å². The fraction of sp³-hybridized carbons (Fsp3) is 0.368. The van der Waals surface area contributed by atoms with E-state index < -0.39 is 0 Å². The number of carbonyl (C=O) groups is 2. The van der Waals surface area contributed by atoms with Crippen LogP contribution in [0.25, 0.3) is 5.65 Å². The molecule has 1 fully saturated rings. The largest absolute Gasteiger partial charge is 0.472 e. The second-order valence-electron chi connectivity index (χ2n) is 6.88. The van der Waals surface area contributed by atoms with Crippen molar-refractivity contribution in [3.05, 3.63) is 53.4 Å². The van der Waals surface area contributed by atoms with E-state index in [2.05, 4.69) is 15.4 Å². The Labute approximate surface area is 156 Å². The van der Waals surface area contributed by atoms with Crippen molar-refractivity contribution < 1.29 is 14.0 Å². The number of amides is 2. The fourth-order valence-electron chi connectivity index (χ4n) is 3.49. The van der Waals surface area contributed by atoms with Gasteiger partial charge in [0.25, 0.3) is 11.8 Å². The van der Waals surface area contributed by atoms with Gasteiger partial charge in [-0.1, -0.05) is 0 Å². The van der Waals surface area contributed by atoms with Gasteiger partial charge in [0.05, 0.1) is 18.0 Å². The van der Waals surface area contributed by atoms with Crippen LogP contribution in [0.5, 0.6) is 0 Å². The number of hydrogen-bond donors (Lipinski definition) is 1. The summed E-state index contributed by atoms with van der Waals surface area (Å²) in [6, 6.07) is 3.61. The van der Waals surface area contributed by atoms with Crippen molar-refractivity contribution in [2.24, 2.45) is 0 Å². The molecule has 3 aromatic heterocycles. The van der Waals surface area contributed by atoms with Crippen LogP contribution < -0.4 is 5.32 Å². The third kappa shape index (κ3) is 3.30. The predicted molar refractivity (Wildman–Crippen MR) is 97.6 cm³/mol. The minimum absolute atomic E-state index is 0.0201. The maximum Gasteiger partial charge on any atom is 0.257 e. The second kappa shape index (κ2) is 6.86. The Morgan fingerprint density at radius 1 is 1.26 bits per heavy atom. The van der Waals surface area contributed by atoms with Crippen LogP contribution in [0, 0.1) is 13.8 Å². The van der Waals surface area contributed by atoms with Crippen molar-refractivity contribution in [1.82, 2.24) is 24.8 Å². The molecule has 2 amide bonds. The number of rotatable bonds is 3. The lowest BCUT2D eigenvalue weighted by atomic mass is 10.0. The summed E-state index contributed by atoms with van der Waals surface area (Å²) in [4.78, 5) is 31.3. The molecule has 0 aromatic carbocycles. The summed E-state index contributed by atoms with van der Waals surface area (Å²) in [6.45, 7) is 5.03. The van der Waals surface area contributed by atoms with Gasteiger partial charge in [-0.15, -0.1) is 0 Å². The topological polar surface area (TPSA) is 92.7 Å². The van der Waals surface area contributed by atoms with Gasteiger partial charge in [-0.3, -0.25) is 9.59 Å². The Bertz CT molecular complexity index is 984. The fourth-order valence-corrected chi connectivity index (χ4v) is 3.49. The molecule has 0 bridgehead atoms. The van der Waals surface area contributed by atoms with Crippen LogP contribution >= 0.6 is 0 Å². The van der Waals surface area contributed by atoms with Gasteiger partial charge < -0.3 is 14.6 Å². The van der Waals surface area contributed by atoms with E-state index in [1.807, 2.05) is 19.9 Å². The summed E-state index contributed by atoms with van der Waals surface area (Å²) in [5.41, 5.74) is 3.38. The monoisotopic (exact) mass is 367 g/mol. The number of aromatic nitrogens is 3. The Morgan fingerprint density at radius 2 is 2.04 bits per heavy atom. The molecule has 4 rings (SSSR count). The minimum Gasteiger partial charge on any atom is -0.472 e. The molecule has 0 radical (unpaired) electrons. The number of carbonyl (C=O) groups excluding carboxylic acids is 2. The number of hydrogen-bond acceptors (Lipinski definition) is 5. The SMILES string of the molecule is Cc1cc(C)n2ncc(C(=O)NC3CCN(C(=O)c4ccoc4)CC3)c2n1. The zero-order valence-electron chi connectivity index (χ0n) is 15.3. The molecule has 1 N–H and O–H groups in total. The third-order valence-electron chi connectivity index (χ3n) is 4.91. The first-order valence-electron chi connectivity index (χ1n) is 8.97. The maximum atomic E-state index is 12.7. The summed E-state index contributed by atoms with van der Waals surface area (Å²) in [6.07, 6.45) is 5.92. The smallest absolute Gasteiger partial charge is 0.257 e. The number of nitrogens with one attached hydrogen (secondary N) is 1. The lowest BCUT2D eigenvalue weighted by Gasteiger charge is -2.32. The number of fused-ring (bicyclic) bond motifs is 1. The van der Waals surface area contributed by atoms with Crippen molar-refractivity contribution >= 4 is 17.5 Å². The molecule has 8 nitrogen and oxygen atoms in total. The van der Waals surface area contributed by atoms with E-state index >= 15 is 0 Å². The third-order valence-corrected chi connectivity index (χ3v) is 4.91. The first-order chi connectivity index (χ1) is 13.0. The first kappa shape index (κ1) is 17.3. The van der Waals surface area contributed by atoms with Crippen molar-refractivity contribution in [3.63, 3.8) is 0 Å². The molecule has 1 aliphatic rings. The summed E-state index contributed by atoms with van der Waals surface area (Å²) in [5, 5.41) is 7.33. The number of nitrogens with zero attached hydrogens (tertiary/aromatic N) is 4. The van der Waals surface area contributed by atoms with Crippen LogP contribution in [0.4, 0.5) is 0 Å². The van der Waals surface area contributed by atoms with Crippen molar-refractivity contribution in [2.75, 3.05) is 13.1 Å². The zero-order valence-corrected chi connectivity index (χ0v) is 15.3. The molecule has 140 valence electrons. The number of likely N-dealkylation sites (tertiary alicyclic amines) is 1. The minimum atomic E-state index is -0.179. The molecule has 0 spiro atoms. The molecule has 1 saturated heterocycles. The highest BCUT2D eigenvalue weighted by Crippen LogP contribution is 2.16. The molecule has 0 saturated carbocycles. The van der Waals surface area contributed by atoms with Crippen LogP contribution in [-0.4, -0.2) is 50.4 Å². The average Bonchev–Trinajstić information content (AvgIpc) is 3.31. The summed E-state index contributed by atoms with van der Waals surface area (Å²) in [7, 11) is 0. The lowest BCUT2D eigenvalue weighted by molar-refractivity contribution is 0.0697. The van der Waals surface area contributed by atoms with Gasteiger partial charge in [-0.25, -0.2) is 9.50 Å².